The van der Waals surface area contributed by atoms with E-state index in [1.807, 2.05) is 11.0 Å². The summed E-state index contributed by atoms with van der Waals surface area (Å²) in [6.45, 7) is 1.95. The van der Waals surface area contributed by atoms with Crippen molar-refractivity contribution in [3.8, 4) is 6.07 Å². The molecule has 0 saturated carbocycles. The smallest absolute Gasteiger partial charge is 0.225 e. The average molecular weight is 204 g/mol. The first-order valence-corrected chi connectivity index (χ1v) is 4.79. The minimum Gasteiger partial charge on any atom is -0.378 e. The highest BCUT2D eigenvalue weighted by Crippen LogP contribution is 2.20. The number of methoxy groups -OCH3 is 1. The molecule has 0 aromatic carbocycles. The van der Waals surface area contributed by atoms with E-state index in [1.54, 1.807) is 13.3 Å². The Morgan fingerprint density at radius 2 is 2.47 bits per heavy atom. The van der Waals surface area contributed by atoms with Crippen molar-refractivity contribution in [3.63, 3.8) is 0 Å². The van der Waals surface area contributed by atoms with Gasteiger partial charge in [-0.15, -0.1) is 0 Å². The van der Waals surface area contributed by atoms with Crippen molar-refractivity contribution in [2.45, 2.75) is 6.61 Å². The number of nitriles is 1. The van der Waals surface area contributed by atoms with Crippen LogP contribution in [0.1, 0.15) is 5.69 Å². The monoisotopic (exact) mass is 204 g/mol. The van der Waals surface area contributed by atoms with E-state index in [1.165, 1.54) is 0 Å². The molecule has 1 aromatic heterocycles. The van der Waals surface area contributed by atoms with Crippen LogP contribution >= 0.6 is 0 Å². The molecule has 1 fully saturated rings. The predicted octanol–water partition coefficient (Wildman–Crippen LogP) is 0.583. The van der Waals surface area contributed by atoms with Gasteiger partial charge in [0, 0.05) is 26.4 Å². The molecule has 1 aromatic rings. The molecule has 15 heavy (non-hydrogen) atoms. The Hall–Kier alpha value is -1.67. The molecular formula is C10H12N4O. The van der Waals surface area contributed by atoms with E-state index in [9.17, 15) is 0 Å². The zero-order valence-electron chi connectivity index (χ0n) is 8.55. The molecule has 0 amide bonds. The molecular weight excluding hydrogens is 192 g/mol. The van der Waals surface area contributed by atoms with Crippen molar-refractivity contribution >= 4 is 5.95 Å². The summed E-state index contributed by atoms with van der Waals surface area (Å²) in [4.78, 5) is 10.5. The fraction of sp³-hybridized carbons (Fsp3) is 0.500. The van der Waals surface area contributed by atoms with Gasteiger partial charge in [0.1, 0.15) is 0 Å². The maximum Gasteiger partial charge on any atom is 0.225 e. The van der Waals surface area contributed by atoms with Crippen LogP contribution < -0.4 is 4.90 Å². The number of rotatable bonds is 3. The number of aromatic nitrogens is 2. The first kappa shape index (κ1) is 9.87. The van der Waals surface area contributed by atoms with Crippen LogP contribution in [0.15, 0.2) is 12.3 Å². The molecule has 2 rings (SSSR count). The van der Waals surface area contributed by atoms with Crippen molar-refractivity contribution in [3.05, 3.63) is 18.0 Å². The first-order valence-electron chi connectivity index (χ1n) is 4.79. The topological polar surface area (TPSA) is 62.0 Å². The van der Waals surface area contributed by atoms with Crippen molar-refractivity contribution in [1.29, 1.82) is 5.26 Å². The van der Waals surface area contributed by atoms with Gasteiger partial charge in [0.05, 0.1) is 24.3 Å². The SMILES string of the molecule is COCc1ccnc(N2CC(C#N)C2)n1. The molecule has 1 saturated heterocycles. The molecule has 0 unspecified atom stereocenters. The fourth-order valence-electron chi connectivity index (χ4n) is 1.49. The molecule has 1 aliphatic heterocycles. The van der Waals surface area contributed by atoms with Gasteiger partial charge in [-0.2, -0.15) is 5.26 Å². The van der Waals surface area contributed by atoms with Crippen LogP contribution in [0.4, 0.5) is 5.95 Å². The molecule has 0 aliphatic carbocycles. The lowest BCUT2D eigenvalue weighted by atomic mass is 10.0. The summed E-state index contributed by atoms with van der Waals surface area (Å²) < 4.78 is 5.00. The van der Waals surface area contributed by atoms with Crippen molar-refractivity contribution in [1.82, 2.24) is 9.97 Å². The Morgan fingerprint density at radius 1 is 1.67 bits per heavy atom. The lowest BCUT2D eigenvalue weighted by Crippen LogP contribution is -2.46. The van der Waals surface area contributed by atoms with E-state index in [-0.39, 0.29) is 5.92 Å². The van der Waals surface area contributed by atoms with Crippen LogP contribution in [0.2, 0.25) is 0 Å². The normalized spacial score (nSPS) is 15.9. The zero-order valence-corrected chi connectivity index (χ0v) is 8.55. The molecule has 2 heterocycles. The Bertz CT molecular complexity index is 381. The van der Waals surface area contributed by atoms with Crippen LogP contribution in [-0.2, 0) is 11.3 Å². The summed E-state index contributed by atoms with van der Waals surface area (Å²) in [6, 6.07) is 4.05. The second-order valence-corrected chi connectivity index (χ2v) is 3.51. The Kier molecular flexibility index (Phi) is 2.79. The van der Waals surface area contributed by atoms with Gasteiger partial charge in [-0.25, -0.2) is 9.97 Å². The van der Waals surface area contributed by atoms with Gasteiger partial charge in [-0.05, 0) is 6.07 Å². The third kappa shape index (κ3) is 2.05. The predicted molar refractivity (Wildman–Crippen MR) is 54.1 cm³/mol. The molecule has 0 N–H and O–H groups in total. The van der Waals surface area contributed by atoms with Gasteiger partial charge in [0.25, 0.3) is 0 Å². The summed E-state index contributed by atoms with van der Waals surface area (Å²) >= 11 is 0. The van der Waals surface area contributed by atoms with E-state index < -0.39 is 0 Å². The van der Waals surface area contributed by atoms with E-state index >= 15 is 0 Å². The van der Waals surface area contributed by atoms with Gasteiger partial charge in [-0.3, -0.25) is 0 Å². The number of anilines is 1. The van der Waals surface area contributed by atoms with Gasteiger partial charge >= 0.3 is 0 Å². The zero-order chi connectivity index (χ0) is 10.7. The van der Waals surface area contributed by atoms with Crippen molar-refractivity contribution < 1.29 is 4.74 Å². The number of hydrogen-bond donors (Lipinski definition) is 0. The van der Waals surface area contributed by atoms with Crippen LogP contribution in [0.3, 0.4) is 0 Å². The molecule has 1 aliphatic rings. The standard InChI is InChI=1S/C10H12N4O/c1-15-7-9-2-3-12-10(13-9)14-5-8(4-11)6-14/h2-3,8H,5-7H2,1H3. The van der Waals surface area contributed by atoms with Crippen LogP contribution in [0.25, 0.3) is 0 Å². The van der Waals surface area contributed by atoms with Gasteiger partial charge in [0.15, 0.2) is 0 Å². The van der Waals surface area contributed by atoms with E-state index in [2.05, 4.69) is 16.0 Å². The average Bonchev–Trinajstić information content (AvgIpc) is 2.17. The Morgan fingerprint density at radius 3 is 3.13 bits per heavy atom. The van der Waals surface area contributed by atoms with Crippen molar-refractivity contribution in [2.24, 2.45) is 5.92 Å². The largest absolute Gasteiger partial charge is 0.378 e. The second kappa shape index (κ2) is 4.24. The lowest BCUT2D eigenvalue weighted by Gasteiger charge is -2.35. The second-order valence-electron chi connectivity index (χ2n) is 3.51. The Labute approximate surface area is 88.3 Å². The summed E-state index contributed by atoms with van der Waals surface area (Å²) in [5, 5.41) is 8.65. The molecule has 78 valence electrons. The van der Waals surface area contributed by atoms with Crippen LogP contribution in [0.5, 0.6) is 0 Å². The lowest BCUT2D eigenvalue weighted by molar-refractivity contribution is 0.181. The van der Waals surface area contributed by atoms with E-state index in [0.717, 1.165) is 18.8 Å². The summed E-state index contributed by atoms with van der Waals surface area (Å²) in [5.74, 6) is 0.815. The fourth-order valence-corrected chi connectivity index (χ4v) is 1.49. The number of ether oxygens (including phenoxy) is 1. The summed E-state index contributed by atoms with van der Waals surface area (Å²) in [7, 11) is 1.64. The maximum absolute atomic E-state index is 8.65. The van der Waals surface area contributed by atoms with Crippen LogP contribution in [0, 0.1) is 17.2 Å². The molecule has 0 atom stereocenters. The summed E-state index contributed by atoms with van der Waals surface area (Å²) in [5.41, 5.74) is 0.864. The first-order chi connectivity index (χ1) is 7.33. The number of nitrogens with zero attached hydrogens (tertiary/aromatic N) is 4. The molecule has 0 radical (unpaired) electrons. The molecule has 5 heteroatoms. The van der Waals surface area contributed by atoms with E-state index in [0.29, 0.717) is 12.6 Å². The minimum absolute atomic E-state index is 0.125. The van der Waals surface area contributed by atoms with E-state index in [4.69, 9.17) is 10.00 Å². The number of hydrogen-bond acceptors (Lipinski definition) is 5. The highest BCUT2D eigenvalue weighted by atomic mass is 16.5. The summed E-state index contributed by atoms with van der Waals surface area (Å²) in [6.07, 6.45) is 1.72. The van der Waals surface area contributed by atoms with Gasteiger partial charge in [0.2, 0.25) is 5.95 Å². The highest BCUT2D eigenvalue weighted by molar-refractivity contribution is 5.36. The third-order valence-electron chi connectivity index (χ3n) is 2.34. The van der Waals surface area contributed by atoms with Gasteiger partial charge < -0.3 is 9.64 Å². The minimum atomic E-state index is 0.125. The quantitative estimate of drug-likeness (QED) is 0.720. The van der Waals surface area contributed by atoms with Crippen molar-refractivity contribution in [2.75, 3.05) is 25.1 Å². The maximum atomic E-state index is 8.65. The Balaban J connectivity index is 2.04. The third-order valence-corrected chi connectivity index (χ3v) is 2.34. The van der Waals surface area contributed by atoms with Gasteiger partial charge in [-0.1, -0.05) is 0 Å². The highest BCUT2D eigenvalue weighted by Gasteiger charge is 2.28. The molecule has 5 nitrogen and oxygen atoms in total. The molecule has 0 spiro atoms. The molecule has 0 bridgehead atoms. The van der Waals surface area contributed by atoms with Crippen LogP contribution in [-0.4, -0.2) is 30.2 Å².